The molecular formula is C36H54N2O2. The first kappa shape index (κ1) is 29.4. The SMILES string of the molecule is CCCN1CC2C(CC[C@@]3(C)C2CC[C@@H]3C(=O)Nc2cc(C(C)(C)C)ccc2C(C)(C)C)[C@@]2(C)CCC(=O)C=C12. The number of hydrogen-bond acceptors (Lipinski definition) is 3. The van der Waals surface area contributed by atoms with Crippen LogP contribution < -0.4 is 5.32 Å². The summed E-state index contributed by atoms with van der Waals surface area (Å²) < 4.78 is 0. The maximum Gasteiger partial charge on any atom is 0.228 e. The Balaban J connectivity index is 1.43. The maximum atomic E-state index is 14.2. The first-order valence-corrected chi connectivity index (χ1v) is 16.1. The molecule has 2 saturated carbocycles. The van der Waals surface area contributed by atoms with E-state index in [9.17, 15) is 9.59 Å². The van der Waals surface area contributed by atoms with E-state index in [4.69, 9.17) is 0 Å². The lowest BCUT2D eigenvalue weighted by Gasteiger charge is -2.60. The molecule has 1 heterocycles. The van der Waals surface area contributed by atoms with Crippen LogP contribution in [0.3, 0.4) is 0 Å². The van der Waals surface area contributed by atoms with Gasteiger partial charge in [0.2, 0.25) is 5.91 Å². The van der Waals surface area contributed by atoms with E-state index >= 15 is 0 Å². The van der Waals surface area contributed by atoms with Gasteiger partial charge >= 0.3 is 0 Å². The zero-order valence-corrected chi connectivity index (χ0v) is 26.7. The number of allylic oxidation sites excluding steroid dienone is 2. The summed E-state index contributed by atoms with van der Waals surface area (Å²) in [6.45, 7) is 22.6. The van der Waals surface area contributed by atoms with E-state index in [0.29, 0.717) is 30.0 Å². The van der Waals surface area contributed by atoms with Crippen LogP contribution in [-0.4, -0.2) is 29.7 Å². The van der Waals surface area contributed by atoms with Crippen molar-refractivity contribution < 1.29 is 9.59 Å². The lowest BCUT2D eigenvalue weighted by Crippen LogP contribution is -2.58. The third-order valence-electron chi connectivity index (χ3n) is 11.6. The Bertz CT molecular complexity index is 1200. The number of likely N-dealkylation sites (tertiary alicyclic amines) is 1. The number of piperidine rings is 1. The van der Waals surface area contributed by atoms with Gasteiger partial charge in [-0.3, -0.25) is 9.59 Å². The molecule has 0 spiro atoms. The van der Waals surface area contributed by atoms with Crippen molar-refractivity contribution in [2.24, 2.45) is 34.5 Å². The predicted octanol–water partition coefficient (Wildman–Crippen LogP) is 8.26. The molecule has 4 aliphatic rings. The highest BCUT2D eigenvalue weighted by molar-refractivity contribution is 5.94. The second-order valence-electron chi connectivity index (χ2n) is 16.2. The molecule has 1 aliphatic heterocycles. The quantitative estimate of drug-likeness (QED) is 0.414. The molecule has 0 bridgehead atoms. The molecule has 5 rings (SSSR count). The Hall–Kier alpha value is -2.10. The summed E-state index contributed by atoms with van der Waals surface area (Å²) in [6, 6.07) is 6.69. The molecule has 1 aromatic rings. The van der Waals surface area contributed by atoms with Crippen molar-refractivity contribution in [3.8, 4) is 0 Å². The van der Waals surface area contributed by atoms with Crippen molar-refractivity contribution in [1.82, 2.24) is 4.90 Å². The van der Waals surface area contributed by atoms with Crippen LogP contribution in [0.2, 0.25) is 0 Å². The molecule has 40 heavy (non-hydrogen) atoms. The standard InChI is InChI=1S/C36H54N2O2/c1-10-19-38-22-25-26-13-14-29(35(26,8)18-16-27(25)36(9)17-15-24(39)21-31(36)38)32(40)37-30-20-23(33(2,3)4)11-12-28(30)34(5,6)7/h11-12,20-21,25-27,29H,10,13-19,22H2,1-9H3,(H,37,40)/t25?,26?,27?,29-,35+,36-/m1/s1. The number of fused-ring (bicyclic) bond motifs is 5. The number of ketones is 1. The molecule has 4 heteroatoms. The lowest BCUT2D eigenvalue weighted by atomic mass is 9.49. The zero-order chi connectivity index (χ0) is 29.3. The molecule has 220 valence electrons. The van der Waals surface area contributed by atoms with E-state index in [1.54, 1.807) is 0 Å². The third-order valence-corrected chi connectivity index (χ3v) is 11.6. The van der Waals surface area contributed by atoms with Gasteiger partial charge in [0.05, 0.1) is 0 Å². The number of benzene rings is 1. The second kappa shape index (κ2) is 10.0. The highest BCUT2D eigenvalue weighted by Gasteiger charge is 2.61. The van der Waals surface area contributed by atoms with Gasteiger partial charge in [0.1, 0.15) is 0 Å². The van der Waals surface area contributed by atoms with Gasteiger partial charge in [-0.1, -0.05) is 74.4 Å². The Kier molecular flexibility index (Phi) is 7.36. The number of carbonyl (C=O) groups is 2. The second-order valence-corrected chi connectivity index (χ2v) is 16.2. The van der Waals surface area contributed by atoms with Crippen molar-refractivity contribution in [3.63, 3.8) is 0 Å². The maximum absolute atomic E-state index is 14.2. The number of hydrogen-bond donors (Lipinski definition) is 1. The van der Waals surface area contributed by atoms with Crippen molar-refractivity contribution in [2.45, 2.75) is 118 Å². The van der Waals surface area contributed by atoms with E-state index in [1.165, 1.54) is 16.8 Å². The number of amides is 1. The smallest absolute Gasteiger partial charge is 0.228 e. The molecule has 1 saturated heterocycles. The van der Waals surface area contributed by atoms with Crippen LogP contribution in [0, 0.1) is 34.5 Å². The Labute approximate surface area is 243 Å². The van der Waals surface area contributed by atoms with E-state index in [1.807, 2.05) is 6.08 Å². The topological polar surface area (TPSA) is 49.4 Å². The van der Waals surface area contributed by atoms with Crippen LogP contribution in [0.1, 0.15) is 118 Å². The van der Waals surface area contributed by atoms with Gasteiger partial charge < -0.3 is 10.2 Å². The van der Waals surface area contributed by atoms with Crippen LogP contribution in [0.15, 0.2) is 30.0 Å². The molecule has 4 nitrogen and oxygen atoms in total. The molecule has 0 aromatic heterocycles. The molecule has 3 unspecified atom stereocenters. The van der Waals surface area contributed by atoms with E-state index in [0.717, 1.165) is 57.3 Å². The zero-order valence-electron chi connectivity index (χ0n) is 26.7. The van der Waals surface area contributed by atoms with Gasteiger partial charge in [-0.05, 0) is 89.7 Å². The number of rotatable bonds is 4. The minimum absolute atomic E-state index is 0.0226. The molecule has 6 atom stereocenters. The summed E-state index contributed by atoms with van der Waals surface area (Å²) in [6.07, 6.45) is 9.13. The monoisotopic (exact) mass is 546 g/mol. The summed E-state index contributed by atoms with van der Waals surface area (Å²) in [5.41, 5.74) is 4.86. The van der Waals surface area contributed by atoms with E-state index in [-0.39, 0.29) is 33.5 Å². The molecule has 3 fully saturated rings. The summed E-state index contributed by atoms with van der Waals surface area (Å²) in [7, 11) is 0. The molecule has 1 amide bonds. The normalized spacial score (nSPS) is 34.1. The summed E-state index contributed by atoms with van der Waals surface area (Å²) in [5.74, 6) is 2.32. The van der Waals surface area contributed by atoms with Gasteiger partial charge in [0, 0.05) is 48.3 Å². The lowest BCUT2D eigenvalue weighted by molar-refractivity contribution is -0.129. The highest BCUT2D eigenvalue weighted by atomic mass is 16.2. The summed E-state index contributed by atoms with van der Waals surface area (Å²) in [5, 5.41) is 3.49. The van der Waals surface area contributed by atoms with Gasteiger partial charge in [-0.2, -0.15) is 0 Å². The first-order chi connectivity index (χ1) is 18.6. The Morgan fingerprint density at radius 2 is 1.73 bits per heavy atom. The number of nitrogens with one attached hydrogen (secondary N) is 1. The van der Waals surface area contributed by atoms with Crippen LogP contribution in [0.25, 0.3) is 0 Å². The van der Waals surface area contributed by atoms with Crippen LogP contribution in [0.4, 0.5) is 5.69 Å². The number of nitrogens with zero attached hydrogens (tertiary/aromatic N) is 1. The largest absolute Gasteiger partial charge is 0.374 e. The molecule has 1 aromatic carbocycles. The average molecular weight is 547 g/mol. The van der Waals surface area contributed by atoms with Crippen molar-refractivity contribution in [1.29, 1.82) is 0 Å². The van der Waals surface area contributed by atoms with Gasteiger partial charge in [0.25, 0.3) is 0 Å². The van der Waals surface area contributed by atoms with Crippen LogP contribution in [0.5, 0.6) is 0 Å². The first-order valence-electron chi connectivity index (χ1n) is 16.1. The number of anilines is 1. The predicted molar refractivity (Wildman–Crippen MR) is 165 cm³/mol. The van der Waals surface area contributed by atoms with Gasteiger partial charge in [-0.25, -0.2) is 0 Å². The van der Waals surface area contributed by atoms with Crippen LogP contribution in [-0.2, 0) is 20.4 Å². The van der Waals surface area contributed by atoms with Gasteiger partial charge in [0.15, 0.2) is 5.78 Å². The van der Waals surface area contributed by atoms with Crippen molar-refractivity contribution in [3.05, 3.63) is 41.1 Å². The summed E-state index contributed by atoms with van der Waals surface area (Å²) in [4.78, 5) is 29.2. The van der Waals surface area contributed by atoms with Crippen molar-refractivity contribution in [2.75, 3.05) is 18.4 Å². The summed E-state index contributed by atoms with van der Waals surface area (Å²) >= 11 is 0. The Morgan fingerprint density at radius 1 is 1.00 bits per heavy atom. The molecular weight excluding hydrogens is 492 g/mol. The molecule has 0 radical (unpaired) electrons. The molecule has 1 N–H and O–H groups in total. The molecule has 3 aliphatic carbocycles. The fourth-order valence-electron chi connectivity index (χ4n) is 9.31. The fraction of sp³-hybridized carbons (Fsp3) is 0.722. The van der Waals surface area contributed by atoms with E-state index in [2.05, 4.69) is 90.7 Å². The van der Waals surface area contributed by atoms with Crippen molar-refractivity contribution >= 4 is 17.4 Å². The highest BCUT2D eigenvalue weighted by Crippen LogP contribution is 2.65. The van der Waals surface area contributed by atoms with Crippen LogP contribution >= 0.6 is 0 Å². The minimum Gasteiger partial charge on any atom is -0.374 e. The third kappa shape index (κ3) is 4.86. The minimum atomic E-state index is -0.0495. The average Bonchev–Trinajstić information content (AvgIpc) is 3.21. The fourth-order valence-corrected chi connectivity index (χ4v) is 9.31. The number of carbonyl (C=O) groups excluding carboxylic acids is 2. The Morgan fingerprint density at radius 3 is 2.38 bits per heavy atom. The van der Waals surface area contributed by atoms with E-state index < -0.39 is 0 Å². The van der Waals surface area contributed by atoms with Gasteiger partial charge in [-0.15, -0.1) is 0 Å².